The minimum atomic E-state index is -0.550. The molecule has 1 unspecified atom stereocenters. The van der Waals surface area contributed by atoms with Crippen molar-refractivity contribution in [3.63, 3.8) is 0 Å². The molecule has 3 rings (SSSR count). The molecule has 2 aromatic carbocycles. The average Bonchev–Trinajstić information content (AvgIpc) is 2.83. The van der Waals surface area contributed by atoms with E-state index in [0.29, 0.717) is 5.75 Å². The van der Waals surface area contributed by atoms with Crippen molar-refractivity contribution in [2.75, 3.05) is 32.8 Å². The van der Waals surface area contributed by atoms with Crippen LogP contribution in [-0.4, -0.2) is 58.5 Å². The zero-order valence-corrected chi connectivity index (χ0v) is 24.9. The van der Waals surface area contributed by atoms with Crippen LogP contribution in [0.4, 0.5) is 0 Å². The second kappa shape index (κ2) is 11.8. The van der Waals surface area contributed by atoms with Crippen molar-refractivity contribution in [2.24, 2.45) is 0 Å². The Morgan fingerprint density at radius 2 is 1.46 bits per heavy atom. The van der Waals surface area contributed by atoms with Crippen molar-refractivity contribution in [3.8, 4) is 5.75 Å². The van der Waals surface area contributed by atoms with E-state index >= 15 is 0 Å². The summed E-state index contributed by atoms with van der Waals surface area (Å²) in [7, 11) is 0. The standard InChI is InChI=1S/C31H46N2O3S/c1-9-31(8,37-24-19-25(29(2,3)4)28(35)26(20-24)30(5,6)7)36-22-27(34)33-17-15-32(16-18-33)21-23-13-11-10-12-14-23/h10-14,19-20,35H,9,15-18,21-22H2,1-8H3. The first-order valence-corrected chi connectivity index (χ1v) is 14.3. The molecule has 204 valence electrons. The minimum Gasteiger partial charge on any atom is -0.507 e. The van der Waals surface area contributed by atoms with Gasteiger partial charge in [-0.15, -0.1) is 0 Å². The van der Waals surface area contributed by atoms with Crippen molar-refractivity contribution >= 4 is 17.7 Å². The number of amides is 1. The molecule has 1 aliphatic rings. The van der Waals surface area contributed by atoms with E-state index in [-0.39, 0.29) is 23.3 Å². The van der Waals surface area contributed by atoms with E-state index in [1.54, 1.807) is 11.8 Å². The summed E-state index contributed by atoms with van der Waals surface area (Å²) in [5.41, 5.74) is 2.79. The van der Waals surface area contributed by atoms with E-state index in [4.69, 9.17) is 4.74 Å². The Balaban J connectivity index is 1.63. The van der Waals surface area contributed by atoms with Gasteiger partial charge < -0.3 is 14.7 Å². The molecular weight excluding hydrogens is 480 g/mol. The molecule has 2 aromatic rings. The lowest BCUT2D eigenvalue weighted by Crippen LogP contribution is -2.49. The highest BCUT2D eigenvalue weighted by Crippen LogP contribution is 2.45. The van der Waals surface area contributed by atoms with Crippen molar-refractivity contribution in [2.45, 2.75) is 89.0 Å². The Kier molecular flexibility index (Phi) is 9.41. The number of carbonyl (C=O) groups is 1. The molecule has 0 aromatic heterocycles. The van der Waals surface area contributed by atoms with Gasteiger partial charge in [0.2, 0.25) is 5.91 Å². The van der Waals surface area contributed by atoms with Crippen molar-refractivity contribution in [3.05, 3.63) is 59.2 Å². The molecule has 1 N–H and O–H groups in total. The number of piperazine rings is 1. The fourth-order valence-corrected chi connectivity index (χ4v) is 5.68. The zero-order chi connectivity index (χ0) is 27.4. The Labute approximate surface area is 228 Å². The first-order chi connectivity index (χ1) is 17.2. The molecule has 37 heavy (non-hydrogen) atoms. The van der Waals surface area contributed by atoms with Crippen LogP contribution in [0.1, 0.15) is 78.5 Å². The van der Waals surface area contributed by atoms with Crippen LogP contribution in [-0.2, 0) is 26.9 Å². The fourth-order valence-electron chi connectivity index (χ4n) is 4.57. The summed E-state index contributed by atoms with van der Waals surface area (Å²) in [5.74, 6) is 0.432. The molecule has 0 bridgehead atoms. The highest BCUT2D eigenvalue weighted by Gasteiger charge is 2.31. The third-order valence-electron chi connectivity index (χ3n) is 7.15. The van der Waals surface area contributed by atoms with Gasteiger partial charge in [0.1, 0.15) is 17.3 Å². The summed E-state index contributed by atoms with van der Waals surface area (Å²) in [6, 6.07) is 14.6. The number of nitrogens with zero attached hydrogens (tertiary/aromatic N) is 2. The summed E-state index contributed by atoms with van der Waals surface area (Å²) in [6.45, 7) is 21.1. The normalized spacial score (nSPS) is 17.0. The number of phenolic OH excluding ortho intramolecular Hbond substituents is 1. The Morgan fingerprint density at radius 3 is 1.95 bits per heavy atom. The number of phenols is 1. The van der Waals surface area contributed by atoms with Crippen molar-refractivity contribution in [1.82, 2.24) is 9.80 Å². The van der Waals surface area contributed by atoms with Crippen LogP contribution < -0.4 is 0 Å². The largest absolute Gasteiger partial charge is 0.507 e. The van der Waals surface area contributed by atoms with Gasteiger partial charge in [0.05, 0.1) is 0 Å². The number of hydrogen-bond acceptors (Lipinski definition) is 5. The summed E-state index contributed by atoms with van der Waals surface area (Å²) in [5, 5.41) is 11.1. The number of hydrogen-bond donors (Lipinski definition) is 1. The second-order valence-corrected chi connectivity index (χ2v) is 13.9. The predicted molar refractivity (Wildman–Crippen MR) is 154 cm³/mol. The summed E-state index contributed by atoms with van der Waals surface area (Å²) < 4.78 is 6.30. The second-order valence-electron chi connectivity index (χ2n) is 12.4. The Morgan fingerprint density at radius 1 is 0.919 bits per heavy atom. The van der Waals surface area contributed by atoms with Crippen LogP contribution in [0.5, 0.6) is 5.75 Å². The quantitative estimate of drug-likeness (QED) is 0.312. The molecule has 0 radical (unpaired) electrons. The molecule has 1 aliphatic heterocycles. The fraction of sp³-hybridized carbons (Fsp3) is 0.581. The summed E-state index contributed by atoms with van der Waals surface area (Å²) >= 11 is 1.64. The van der Waals surface area contributed by atoms with E-state index in [9.17, 15) is 9.90 Å². The molecule has 0 saturated carbocycles. The molecule has 5 nitrogen and oxygen atoms in total. The maximum Gasteiger partial charge on any atom is 0.248 e. The van der Waals surface area contributed by atoms with Crippen molar-refractivity contribution in [1.29, 1.82) is 0 Å². The highest BCUT2D eigenvalue weighted by atomic mass is 32.2. The topological polar surface area (TPSA) is 53.0 Å². The van der Waals surface area contributed by atoms with Gasteiger partial charge >= 0.3 is 0 Å². The molecule has 0 aliphatic carbocycles. The number of rotatable bonds is 8. The number of thioether (sulfide) groups is 1. The van der Waals surface area contributed by atoms with Crippen LogP contribution in [0.25, 0.3) is 0 Å². The smallest absolute Gasteiger partial charge is 0.248 e. The number of aromatic hydroxyl groups is 1. The number of carbonyl (C=O) groups excluding carboxylic acids is 1. The predicted octanol–water partition coefficient (Wildman–Crippen LogP) is 6.57. The summed E-state index contributed by atoms with van der Waals surface area (Å²) in [4.78, 5) is 17.9. The van der Waals surface area contributed by atoms with Gasteiger partial charge in [-0.3, -0.25) is 9.69 Å². The van der Waals surface area contributed by atoms with Gasteiger partial charge in [0.15, 0.2) is 0 Å². The lowest BCUT2D eigenvalue weighted by Gasteiger charge is -2.36. The van der Waals surface area contributed by atoms with Gasteiger partial charge in [0, 0.05) is 48.7 Å². The molecule has 1 saturated heterocycles. The van der Waals surface area contributed by atoms with Gasteiger partial charge in [0.25, 0.3) is 0 Å². The SMILES string of the molecule is CCC(C)(OCC(=O)N1CCN(Cc2ccccc2)CC1)Sc1cc(C(C)(C)C)c(O)c(C(C)(C)C)c1. The van der Waals surface area contributed by atoms with Crippen molar-refractivity contribution < 1.29 is 14.6 Å². The Bertz CT molecular complexity index is 1020. The molecule has 0 spiro atoms. The minimum absolute atomic E-state index is 0.0519. The lowest BCUT2D eigenvalue weighted by molar-refractivity contribution is -0.140. The van der Waals surface area contributed by atoms with Crippen LogP contribution >= 0.6 is 11.8 Å². The maximum atomic E-state index is 13.0. The highest BCUT2D eigenvalue weighted by molar-refractivity contribution is 8.00. The summed E-state index contributed by atoms with van der Waals surface area (Å²) in [6.07, 6.45) is 0.756. The van der Waals surface area contributed by atoms with E-state index in [0.717, 1.165) is 55.2 Å². The van der Waals surface area contributed by atoms with E-state index in [1.165, 1.54) is 5.56 Å². The monoisotopic (exact) mass is 526 g/mol. The lowest BCUT2D eigenvalue weighted by atomic mass is 9.79. The number of benzene rings is 2. The molecule has 1 amide bonds. The molecule has 6 heteroatoms. The van der Waals surface area contributed by atoms with Gasteiger partial charge in [-0.05, 0) is 41.9 Å². The van der Waals surface area contributed by atoms with E-state index in [2.05, 4.69) is 96.7 Å². The van der Waals surface area contributed by atoms with Gasteiger partial charge in [-0.2, -0.15) is 0 Å². The third kappa shape index (κ3) is 7.98. The first-order valence-electron chi connectivity index (χ1n) is 13.5. The van der Waals surface area contributed by atoms with Crippen LogP contribution in [0.15, 0.2) is 47.4 Å². The zero-order valence-electron chi connectivity index (χ0n) is 24.1. The number of ether oxygens (including phenoxy) is 1. The first kappa shape index (κ1) is 29.5. The third-order valence-corrected chi connectivity index (χ3v) is 8.46. The Hall–Kier alpha value is -2.02. The molecular formula is C31H46N2O3S. The van der Waals surface area contributed by atoms with Crippen LogP contribution in [0.3, 0.4) is 0 Å². The van der Waals surface area contributed by atoms with Crippen LogP contribution in [0.2, 0.25) is 0 Å². The molecule has 1 heterocycles. The van der Waals surface area contributed by atoms with Crippen LogP contribution in [0, 0.1) is 0 Å². The molecule has 1 atom stereocenters. The molecule has 1 fully saturated rings. The van der Waals surface area contributed by atoms with Gasteiger partial charge in [-0.1, -0.05) is 90.6 Å². The average molecular weight is 527 g/mol. The maximum absolute atomic E-state index is 13.0. The van der Waals surface area contributed by atoms with E-state index < -0.39 is 4.93 Å². The van der Waals surface area contributed by atoms with Gasteiger partial charge in [-0.25, -0.2) is 0 Å². The van der Waals surface area contributed by atoms with E-state index in [1.807, 2.05) is 11.0 Å².